The number of ether oxygens (including phenoxy) is 1. The van der Waals surface area contributed by atoms with Gasteiger partial charge in [-0.2, -0.15) is 0 Å². The van der Waals surface area contributed by atoms with Crippen LogP contribution < -0.4 is 5.32 Å². The van der Waals surface area contributed by atoms with Gasteiger partial charge < -0.3 is 15.0 Å². The molecule has 2 N–H and O–H groups in total. The Hall–Kier alpha value is -0.870. The Bertz CT molecular complexity index is 273. The summed E-state index contributed by atoms with van der Waals surface area (Å²) in [5.41, 5.74) is 1.13. The van der Waals surface area contributed by atoms with Crippen molar-refractivity contribution in [1.29, 1.82) is 0 Å². The molecule has 2 rings (SSSR count). The van der Waals surface area contributed by atoms with E-state index in [-0.39, 0.29) is 0 Å². The maximum Gasteiger partial charge on any atom is 0.0922 e. The van der Waals surface area contributed by atoms with Crippen molar-refractivity contribution in [2.24, 2.45) is 0 Å². The van der Waals surface area contributed by atoms with E-state index in [9.17, 15) is 0 Å². The first-order valence-electron chi connectivity index (χ1n) is 5.63. The smallest absolute Gasteiger partial charge is 0.0922 e. The van der Waals surface area contributed by atoms with Gasteiger partial charge in [0, 0.05) is 31.6 Å². The molecule has 1 aliphatic carbocycles. The molecule has 4 nitrogen and oxygen atoms in total. The van der Waals surface area contributed by atoms with Gasteiger partial charge in [-0.1, -0.05) is 12.8 Å². The molecule has 0 saturated heterocycles. The highest BCUT2D eigenvalue weighted by molar-refractivity contribution is 4.94. The number of imidazole rings is 1. The van der Waals surface area contributed by atoms with E-state index in [1.165, 1.54) is 25.7 Å². The number of H-pyrrole nitrogens is 1. The van der Waals surface area contributed by atoms with E-state index < -0.39 is 0 Å². The summed E-state index contributed by atoms with van der Waals surface area (Å²) in [6, 6.07) is 0.493. The first-order valence-corrected chi connectivity index (χ1v) is 5.63. The van der Waals surface area contributed by atoms with Gasteiger partial charge in [0.2, 0.25) is 0 Å². The molecule has 2 unspecified atom stereocenters. The normalized spacial score (nSPS) is 26.7. The molecule has 0 radical (unpaired) electrons. The molecule has 15 heavy (non-hydrogen) atoms. The molecule has 1 saturated carbocycles. The van der Waals surface area contributed by atoms with E-state index in [0.717, 1.165) is 12.2 Å². The molecule has 4 heteroatoms. The minimum Gasteiger partial charge on any atom is -0.380 e. The number of nitrogens with zero attached hydrogens (tertiary/aromatic N) is 1. The van der Waals surface area contributed by atoms with Crippen LogP contribution in [0.2, 0.25) is 0 Å². The highest BCUT2D eigenvalue weighted by Crippen LogP contribution is 2.20. The van der Waals surface area contributed by atoms with E-state index >= 15 is 0 Å². The lowest BCUT2D eigenvalue weighted by molar-refractivity contribution is 0.0412. The Kier molecular flexibility index (Phi) is 3.75. The zero-order valence-corrected chi connectivity index (χ0v) is 9.20. The van der Waals surface area contributed by atoms with Gasteiger partial charge in [-0.15, -0.1) is 0 Å². The highest BCUT2D eigenvalue weighted by atomic mass is 16.5. The van der Waals surface area contributed by atoms with Crippen LogP contribution in [0.1, 0.15) is 31.4 Å². The summed E-state index contributed by atoms with van der Waals surface area (Å²) < 4.78 is 5.49. The zero-order chi connectivity index (χ0) is 10.5. The van der Waals surface area contributed by atoms with Crippen LogP contribution in [-0.2, 0) is 11.3 Å². The second kappa shape index (κ2) is 5.28. The van der Waals surface area contributed by atoms with Crippen molar-refractivity contribution in [3.05, 3.63) is 18.2 Å². The third kappa shape index (κ3) is 2.79. The molecule has 0 aromatic carbocycles. The molecule has 1 aromatic heterocycles. The fourth-order valence-corrected chi connectivity index (χ4v) is 2.23. The van der Waals surface area contributed by atoms with Crippen molar-refractivity contribution in [2.75, 3.05) is 7.11 Å². The maximum absolute atomic E-state index is 5.49. The van der Waals surface area contributed by atoms with E-state index in [4.69, 9.17) is 4.74 Å². The molecule has 1 aromatic rings. The molecule has 1 heterocycles. The summed E-state index contributed by atoms with van der Waals surface area (Å²) in [7, 11) is 1.81. The van der Waals surface area contributed by atoms with Gasteiger partial charge in [0.15, 0.2) is 0 Å². The van der Waals surface area contributed by atoms with Crippen molar-refractivity contribution in [3.8, 4) is 0 Å². The van der Waals surface area contributed by atoms with Crippen molar-refractivity contribution in [3.63, 3.8) is 0 Å². The second-order valence-corrected chi connectivity index (χ2v) is 4.12. The minimum absolute atomic E-state index is 0.377. The summed E-state index contributed by atoms with van der Waals surface area (Å²) in [5, 5.41) is 3.53. The number of methoxy groups -OCH3 is 1. The van der Waals surface area contributed by atoms with E-state index in [1.807, 2.05) is 6.20 Å². The fourth-order valence-electron chi connectivity index (χ4n) is 2.23. The minimum atomic E-state index is 0.377. The molecule has 84 valence electrons. The lowest BCUT2D eigenvalue weighted by Crippen LogP contribution is -2.42. The monoisotopic (exact) mass is 209 g/mol. The van der Waals surface area contributed by atoms with Crippen LogP contribution >= 0.6 is 0 Å². The van der Waals surface area contributed by atoms with Crippen molar-refractivity contribution in [2.45, 2.75) is 44.4 Å². The molecule has 0 spiro atoms. The van der Waals surface area contributed by atoms with Crippen LogP contribution in [0.5, 0.6) is 0 Å². The molecule has 2 atom stereocenters. The van der Waals surface area contributed by atoms with E-state index in [2.05, 4.69) is 15.3 Å². The van der Waals surface area contributed by atoms with Crippen LogP contribution in [0.25, 0.3) is 0 Å². The molecule has 0 bridgehead atoms. The van der Waals surface area contributed by atoms with Crippen LogP contribution in [0, 0.1) is 0 Å². The Morgan fingerprint density at radius 1 is 1.53 bits per heavy atom. The van der Waals surface area contributed by atoms with E-state index in [1.54, 1.807) is 13.4 Å². The van der Waals surface area contributed by atoms with Gasteiger partial charge in [0.1, 0.15) is 0 Å². The van der Waals surface area contributed by atoms with Crippen LogP contribution in [0.4, 0.5) is 0 Å². The third-order valence-corrected chi connectivity index (χ3v) is 3.11. The quantitative estimate of drug-likeness (QED) is 0.789. The van der Waals surface area contributed by atoms with Crippen molar-refractivity contribution in [1.82, 2.24) is 15.3 Å². The van der Waals surface area contributed by atoms with Gasteiger partial charge in [0.05, 0.1) is 12.4 Å². The van der Waals surface area contributed by atoms with Gasteiger partial charge in [-0.3, -0.25) is 0 Å². The lowest BCUT2D eigenvalue weighted by Gasteiger charge is -2.31. The lowest BCUT2D eigenvalue weighted by atomic mass is 9.92. The molecule has 0 amide bonds. The van der Waals surface area contributed by atoms with Crippen LogP contribution in [0.15, 0.2) is 12.5 Å². The molecule has 0 aliphatic heterocycles. The summed E-state index contributed by atoms with van der Waals surface area (Å²) in [6.07, 6.45) is 8.94. The maximum atomic E-state index is 5.49. The SMILES string of the molecule is COC1CCCCC1NCc1cnc[nH]1. The second-order valence-electron chi connectivity index (χ2n) is 4.12. The topological polar surface area (TPSA) is 49.9 Å². The third-order valence-electron chi connectivity index (χ3n) is 3.11. The number of aromatic amines is 1. The number of rotatable bonds is 4. The molecule has 1 aliphatic rings. The Labute approximate surface area is 90.4 Å². The molecular formula is C11H19N3O. The average molecular weight is 209 g/mol. The summed E-state index contributed by atoms with van der Waals surface area (Å²) >= 11 is 0. The predicted octanol–water partition coefficient (Wildman–Crippen LogP) is 1.46. The molecule has 1 fully saturated rings. The van der Waals surface area contributed by atoms with Crippen molar-refractivity contribution >= 4 is 0 Å². The summed E-state index contributed by atoms with van der Waals surface area (Å²) in [6.45, 7) is 0.852. The van der Waals surface area contributed by atoms with Crippen molar-refractivity contribution < 1.29 is 4.74 Å². The summed E-state index contributed by atoms with van der Waals surface area (Å²) in [5.74, 6) is 0. The van der Waals surface area contributed by atoms with Gasteiger partial charge >= 0.3 is 0 Å². The number of aromatic nitrogens is 2. The average Bonchev–Trinajstić information content (AvgIpc) is 2.79. The Morgan fingerprint density at radius 2 is 2.40 bits per heavy atom. The standard InChI is InChI=1S/C11H19N3O/c1-15-11-5-3-2-4-10(11)13-7-9-6-12-8-14-9/h6,8,10-11,13H,2-5,7H2,1H3,(H,12,14). The number of hydrogen-bond donors (Lipinski definition) is 2. The largest absolute Gasteiger partial charge is 0.380 e. The highest BCUT2D eigenvalue weighted by Gasteiger charge is 2.24. The van der Waals surface area contributed by atoms with E-state index in [0.29, 0.717) is 12.1 Å². The van der Waals surface area contributed by atoms with Gasteiger partial charge in [-0.25, -0.2) is 4.98 Å². The number of hydrogen-bond acceptors (Lipinski definition) is 3. The van der Waals surface area contributed by atoms with Crippen LogP contribution in [0.3, 0.4) is 0 Å². The fraction of sp³-hybridized carbons (Fsp3) is 0.727. The Morgan fingerprint density at radius 3 is 3.13 bits per heavy atom. The van der Waals surface area contributed by atoms with Gasteiger partial charge in [-0.05, 0) is 12.8 Å². The number of nitrogens with one attached hydrogen (secondary N) is 2. The predicted molar refractivity (Wildman–Crippen MR) is 58.5 cm³/mol. The molecular weight excluding hydrogens is 190 g/mol. The van der Waals surface area contributed by atoms with Gasteiger partial charge in [0.25, 0.3) is 0 Å². The first kappa shape index (κ1) is 10.6. The van der Waals surface area contributed by atoms with Crippen LogP contribution in [-0.4, -0.2) is 29.2 Å². The first-order chi connectivity index (χ1) is 7.40. The summed E-state index contributed by atoms with van der Waals surface area (Å²) in [4.78, 5) is 7.09. The zero-order valence-electron chi connectivity index (χ0n) is 9.20. The Balaban J connectivity index is 1.81.